The van der Waals surface area contributed by atoms with Gasteiger partial charge in [-0.1, -0.05) is 12.8 Å². The minimum absolute atomic E-state index is 0.0107. The summed E-state index contributed by atoms with van der Waals surface area (Å²) in [5.74, 6) is 0.847. The Labute approximate surface area is 199 Å². The van der Waals surface area contributed by atoms with Crippen molar-refractivity contribution in [3.05, 3.63) is 36.3 Å². The molecule has 1 aliphatic heterocycles. The van der Waals surface area contributed by atoms with Crippen molar-refractivity contribution < 1.29 is 9.59 Å². The van der Waals surface area contributed by atoms with Gasteiger partial charge in [-0.2, -0.15) is 0 Å². The van der Waals surface area contributed by atoms with E-state index in [1.165, 1.54) is 0 Å². The molecule has 2 atom stereocenters. The van der Waals surface area contributed by atoms with Crippen LogP contribution in [0, 0.1) is 11.8 Å². The number of piperidine rings is 1. The molecule has 2 aromatic heterocycles. The largest absolute Gasteiger partial charge is 0.352 e. The predicted molar refractivity (Wildman–Crippen MR) is 127 cm³/mol. The molecule has 2 aromatic rings. The first-order valence-corrected chi connectivity index (χ1v) is 12.6. The van der Waals surface area contributed by atoms with E-state index < -0.39 is 0 Å². The highest BCUT2D eigenvalue weighted by molar-refractivity contribution is 6.24. The summed E-state index contributed by atoms with van der Waals surface area (Å²) in [5, 5.41) is 3.05. The molecule has 2 fully saturated rings. The number of nitrogens with one attached hydrogen (secondary N) is 1. The normalized spacial score (nSPS) is 24.6. The van der Waals surface area contributed by atoms with Gasteiger partial charge in [-0.15, -0.1) is 23.2 Å². The standard InChI is InChI=1S/C24H32Cl2N4O2/c25-20-13-19(14-21(26)15-20)24(32)29-10-6-17(7-11-29)3-1-2-8-28-23(31)18-4-5-22-27-9-12-30(22)16-18/h4-5,9,12,16-17,19-21H,1-3,6-8,10-11,13-15H2,(H,28,31). The van der Waals surface area contributed by atoms with E-state index in [-0.39, 0.29) is 28.5 Å². The molecule has 0 spiro atoms. The SMILES string of the molecule is O=C(NCCCCC1CCN(C(=O)C2CC(Cl)CC(Cl)C2)CC1)c1ccc2nccn2c1. The highest BCUT2D eigenvalue weighted by atomic mass is 35.5. The Morgan fingerprint density at radius 1 is 1.06 bits per heavy atom. The highest BCUT2D eigenvalue weighted by Crippen LogP contribution is 2.33. The molecule has 8 heteroatoms. The van der Waals surface area contributed by atoms with Gasteiger partial charge in [0.1, 0.15) is 5.65 Å². The molecule has 6 nitrogen and oxygen atoms in total. The van der Waals surface area contributed by atoms with Crippen LogP contribution in [0.15, 0.2) is 30.7 Å². The van der Waals surface area contributed by atoms with Gasteiger partial charge in [0.2, 0.25) is 5.91 Å². The highest BCUT2D eigenvalue weighted by Gasteiger charge is 2.34. The maximum atomic E-state index is 12.9. The Morgan fingerprint density at radius 3 is 2.56 bits per heavy atom. The lowest BCUT2D eigenvalue weighted by Gasteiger charge is -2.36. The van der Waals surface area contributed by atoms with Crippen molar-refractivity contribution in [1.29, 1.82) is 0 Å². The summed E-state index contributed by atoms with van der Waals surface area (Å²) in [6.07, 6.45) is 13.0. The number of amides is 2. The number of carbonyl (C=O) groups is 2. The second kappa shape index (κ2) is 10.9. The Hall–Kier alpha value is -1.79. The Morgan fingerprint density at radius 2 is 1.81 bits per heavy atom. The second-order valence-corrected chi connectivity index (χ2v) is 10.5. The van der Waals surface area contributed by atoms with Crippen molar-refractivity contribution in [3.63, 3.8) is 0 Å². The minimum atomic E-state index is -0.0477. The molecule has 0 aromatic carbocycles. The molecule has 4 rings (SSSR count). The smallest absolute Gasteiger partial charge is 0.252 e. The number of imidazole rings is 1. The first kappa shape index (κ1) is 23.4. The number of carbonyl (C=O) groups excluding carboxylic acids is 2. The molecular formula is C24H32Cl2N4O2. The van der Waals surface area contributed by atoms with Crippen LogP contribution in [0.4, 0.5) is 0 Å². The van der Waals surface area contributed by atoms with E-state index in [1.54, 1.807) is 18.5 Å². The monoisotopic (exact) mass is 478 g/mol. The molecule has 2 amide bonds. The number of likely N-dealkylation sites (tertiary alicyclic amines) is 1. The van der Waals surface area contributed by atoms with Gasteiger partial charge in [0.15, 0.2) is 0 Å². The summed E-state index contributed by atoms with van der Waals surface area (Å²) in [5.41, 5.74) is 1.48. The van der Waals surface area contributed by atoms with Crippen LogP contribution in [0.3, 0.4) is 0 Å². The molecule has 1 aliphatic carbocycles. The average molecular weight is 479 g/mol. The van der Waals surface area contributed by atoms with E-state index in [1.807, 2.05) is 21.6 Å². The molecule has 174 valence electrons. The van der Waals surface area contributed by atoms with E-state index in [4.69, 9.17) is 23.2 Å². The number of halogens is 2. The zero-order chi connectivity index (χ0) is 22.5. The van der Waals surface area contributed by atoms with Gasteiger partial charge in [-0.05, 0) is 56.6 Å². The summed E-state index contributed by atoms with van der Waals surface area (Å²) in [6.45, 7) is 2.36. The molecular weight excluding hydrogens is 447 g/mol. The fourth-order valence-corrected chi connectivity index (χ4v) is 5.95. The van der Waals surface area contributed by atoms with Crippen molar-refractivity contribution in [2.75, 3.05) is 19.6 Å². The summed E-state index contributed by atoms with van der Waals surface area (Å²) >= 11 is 12.6. The van der Waals surface area contributed by atoms with Crippen LogP contribution in [0.1, 0.15) is 61.7 Å². The third kappa shape index (κ3) is 5.96. The van der Waals surface area contributed by atoms with Crippen LogP contribution in [0.2, 0.25) is 0 Å². The Bertz CT molecular complexity index is 916. The summed E-state index contributed by atoms with van der Waals surface area (Å²) in [6, 6.07) is 3.66. The van der Waals surface area contributed by atoms with Gasteiger partial charge in [0.05, 0.1) is 5.56 Å². The first-order valence-electron chi connectivity index (χ1n) is 11.8. The van der Waals surface area contributed by atoms with Gasteiger partial charge in [-0.3, -0.25) is 9.59 Å². The number of unbranched alkanes of at least 4 members (excludes halogenated alkanes) is 1. The Balaban J connectivity index is 1.11. The predicted octanol–water partition coefficient (Wildman–Crippen LogP) is 4.49. The number of aromatic nitrogens is 2. The molecule has 3 heterocycles. The third-order valence-electron chi connectivity index (χ3n) is 6.84. The van der Waals surface area contributed by atoms with Crippen LogP contribution < -0.4 is 5.32 Å². The van der Waals surface area contributed by atoms with Crippen LogP contribution >= 0.6 is 23.2 Å². The maximum Gasteiger partial charge on any atom is 0.252 e. The van der Waals surface area contributed by atoms with Crippen LogP contribution in [0.25, 0.3) is 5.65 Å². The molecule has 1 N–H and O–H groups in total. The van der Waals surface area contributed by atoms with Gasteiger partial charge in [0, 0.05) is 54.9 Å². The molecule has 1 saturated heterocycles. The molecule has 0 radical (unpaired) electrons. The number of hydrogen-bond acceptors (Lipinski definition) is 3. The van der Waals surface area contributed by atoms with Crippen LogP contribution in [-0.2, 0) is 4.79 Å². The maximum absolute atomic E-state index is 12.9. The van der Waals surface area contributed by atoms with E-state index >= 15 is 0 Å². The lowest BCUT2D eigenvalue weighted by Crippen LogP contribution is -2.44. The van der Waals surface area contributed by atoms with E-state index in [0.29, 0.717) is 18.0 Å². The van der Waals surface area contributed by atoms with Crippen molar-refractivity contribution in [2.45, 2.75) is 62.1 Å². The van der Waals surface area contributed by atoms with E-state index in [2.05, 4.69) is 10.3 Å². The lowest BCUT2D eigenvalue weighted by molar-refractivity contribution is -0.137. The van der Waals surface area contributed by atoms with Gasteiger partial charge in [0.25, 0.3) is 5.91 Å². The minimum Gasteiger partial charge on any atom is -0.352 e. The van der Waals surface area contributed by atoms with Crippen molar-refractivity contribution in [2.24, 2.45) is 11.8 Å². The lowest BCUT2D eigenvalue weighted by atomic mass is 9.86. The number of fused-ring (bicyclic) bond motifs is 1. The summed E-state index contributed by atoms with van der Waals surface area (Å²) in [7, 11) is 0. The zero-order valence-electron chi connectivity index (χ0n) is 18.4. The zero-order valence-corrected chi connectivity index (χ0v) is 19.9. The molecule has 0 bridgehead atoms. The number of pyridine rings is 1. The van der Waals surface area contributed by atoms with Crippen LogP contribution in [-0.4, -0.2) is 56.5 Å². The molecule has 32 heavy (non-hydrogen) atoms. The number of rotatable bonds is 7. The fraction of sp³-hybridized carbons (Fsp3) is 0.625. The quantitative estimate of drug-likeness (QED) is 0.470. The average Bonchev–Trinajstić information content (AvgIpc) is 3.26. The summed E-state index contributed by atoms with van der Waals surface area (Å²) in [4.78, 5) is 31.4. The first-order chi connectivity index (χ1) is 15.5. The second-order valence-electron chi connectivity index (χ2n) is 9.23. The Kier molecular flexibility index (Phi) is 7.95. The van der Waals surface area contributed by atoms with Gasteiger partial charge >= 0.3 is 0 Å². The van der Waals surface area contributed by atoms with Crippen molar-refractivity contribution in [3.8, 4) is 0 Å². The van der Waals surface area contributed by atoms with Crippen LogP contribution in [0.5, 0.6) is 0 Å². The molecule has 2 aliphatic rings. The van der Waals surface area contributed by atoms with Crippen molar-refractivity contribution in [1.82, 2.24) is 19.6 Å². The van der Waals surface area contributed by atoms with E-state index in [9.17, 15) is 9.59 Å². The molecule has 1 saturated carbocycles. The summed E-state index contributed by atoms with van der Waals surface area (Å²) < 4.78 is 1.85. The fourth-order valence-electron chi connectivity index (χ4n) is 5.00. The van der Waals surface area contributed by atoms with Crippen molar-refractivity contribution >= 4 is 40.7 Å². The third-order valence-corrected chi connectivity index (χ3v) is 7.56. The number of hydrogen-bond donors (Lipinski definition) is 1. The van der Waals surface area contributed by atoms with Gasteiger partial charge in [-0.25, -0.2) is 4.98 Å². The molecule has 2 unspecified atom stereocenters. The number of nitrogens with zero attached hydrogens (tertiary/aromatic N) is 3. The van der Waals surface area contributed by atoms with E-state index in [0.717, 1.165) is 70.1 Å². The topological polar surface area (TPSA) is 66.7 Å². The number of alkyl halides is 2. The van der Waals surface area contributed by atoms with Gasteiger partial charge < -0.3 is 14.6 Å².